The number of benzene rings is 2. The van der Waals surface area contributed by atoms with E-state index < -0.39 is 10.0 Å². The van der Waals surface area contributed by atoms with Crippen LogP contribution in [0.25, 0.3) is 0 Å². The molecule has 0 spiro atoms. The number of halogens is 2. The van der Waals surface area contributed by atoms with Crippen molar-refractivity contribution < 1.29 is 13.2 Å². The molecule has 2 rings (SSSR count). The first-order chi connectivity index (χ1) is 10.8. The van der Waals surface area contributed by atoms with Crippen LogP contribution in [0, 0.1) is 0 Å². The normalized spacial score (nSPS) is 11.3. The predicted molar refractivity (Wildman–Crippen MR) is 89.8 cm³/mol. The van der Waals surface area contributed by atoms with Gasteiger partial charge in [0.05, 0.1) is 11.3 Å². The molecule has 0 unspecified atom stereocenters. The van der Waals surface area contributed by atoms with Crippen LogP contribution < -0.4 is 10.5 Å². The Labute approximate surface area is 144 Å². The number of primary sulfonamides is 1. The molecule has 0 saturated carbocycles. The first-order valence-electron chi connectivity index (χ1n) is 6.58. The molecule has 0 aliphatic carbocycles. The number of hydrogen-bond donors (Lipinski definition) is 2. The van der Waals surface area contributed by atoms with Crippen LogP contribution in [-0.4, -0.2) is 14.3 Å². The average molecular weight is 373 g/mol. The van der Waals surface area contributed by atoms with Gasteiger partial charge in [0, 0.05) is 16.6 Å². The van der Waals surface area contributed by atoms with E-state index in [1.165, 1.54) is 12.1 Å². The second kappa shape index (κ2) is 7.31. The van der Waals surface area contributed by atoms with Crippen LogP contribution in [0.1, 0.15) is 11.1 Å². The Balaban J connectivity index is 1.97. The summed E-state index contributed by atoms with van der Waals surface area (Å²) in [5, 5.41) is 8.61. The minimum absolute atomic E-state index is 0.0235. The zero-order valence-electron chi connectivity index (χ0n) is 11.9. The third-order valence-corrected chi connectivity index (χ3v) is 4.78. The van der Waals surface area contributed by atoms with E-state index in [-0.39, 0.29) is 23.8 Å². The highest BCUT2D eigenvalue weighted by Gasteiger charge is 2.11. The highest BCUT2D eigenvalue weighted by Crippen LogP contribution is 2.24. The van der Waals surface area contributed by atoms with E-state index >= 15 is 0 Å². The molecule has 0 aromatic heterocycles. The number of carbonyl (C=O) groups is 1. The molecule has 2 aromatic carbocycles. The standard InChI is InChI=1S/C15H14Cl2N2O3S/c16-13-2-1-3-14(17)12(13)8-15(20)19-9-10-4-6-11(7-5-10)23(18,21)22/h1-7H,8-9H2,(H,19,20)(H2,18,21,22). The largest absolute Gasteiger partial charge is 0.352 e. The Morgan fingerprint density at radius 1 is 1.04 bits per heavy atom. The summed E-state index contributed by atoms with van der Waals surface area (Å²) >= 11 is 12.0. The highest BCUT2D eigenvalue weighted by molar-refractivity contribution is 7.89. The molecule has 0 fully saturated rings. The van der Waals surface area contributed by atoms with Crippen molar-refractivity contribution in [2.75, 3.05) is 0 Å². The summed E-state index contributed by atoms with van der Waals surface area (Å²) in [7, 11) is -3.72. The maximum absolute atomic E-state index is 12.0. The topological polar surface area (TPSA) is 89.3 Å². The third-order valence-electron chi connectivity index (χ3n) is 3.14. The minimum atomic E-state index is -3.72. The summed E-state index contributed by atoms with van der Waals surface area (Å²) in [5.41, 5.74) is 1.31. The van der Waals surface area contributed by atoms with Gasteiger partial charge in [-0.2, -0.15) is 0 Å². The Hall–Kier alpha value is -1.60. The summed E-state index contributed by atoms with van der Waals surface area (Å²) in [4.78, 5) is 12.0. The summed E-state index contributed by atoms with van der Waals surface area (Å²) in [6, 6.07) is 11.0. The molecular formula is C15H14Cl2N2O3S. The molecule has 5 nitrogen and oxygen atoms in total. The van der Waals surface area contributed by atoms with Gasteiger partial charge in [-0.15, -0.1) is 0 Å². The van der Waals surface area contributed by atoms with Crippen LogP contribution in [0.3, 0.4) is 0 Å². The minimum Gasteiger partial charge on any atom is -0.352 e. The maximum Gasteiger partial charge on any atom is 0.238 e. The molecule has 0 radical (unpaired) electrons. The van der Waals surface area contributed by atoms with Gasteiger partial charge >= 0.3 is 0 Å². The van der Waals surface area contributed by atoms with Crippen LogP contribution >= 0.6 is 23.2 Å². The maximum atomic E-state index is 12.0. The van der Waals surface area contributed by atoms with E-state index in [9.17, 15) is 13.2 Å². The van der Waals surface area contributed by atoms with Gasteiger partial charge in [-0.1, -0.05) is 41.4 Å². The van der Waals surface area contributed by atoms with Crippen molar-refractivity contribution >= 4 is 39.1 Å². The molecule has 0 atom stereocenters. The molecule has 23 heavy (non-hydrogen) atoms. The van der Waals surface area contributed by atoms with Gasteiger partial charge in [-0.05, 0) is 35.4 Å². The lowest BCUT2D eigenvalue weighted by Crippen LogP contribution is -2.24. The molecule has 0 heterocycles. The number of nitrogens with two attached hydrogens (primary N) is 1. The van der Waals surface area contributed by atoms with Gasteiger partial charge in [0.2, 0.25) is 15.9 Å². The van der Waals surface area contributed by atoms with E-state index in [1.54, 1.807) is 30.3 Å². The lowest BCUT2D eigenvalue weighted by molar-refractivity contribution is -0.120. The van der Waals surface area contributed by atoms with Crippen LogP contribution in [0.4, 0.5) is 0 Å². The fourth-order valence-electron chi connectivity index (χ4n) is 1.92. The molecule has 0 aliphatic heterocycles. The van der Waals surface area contributed by atoms with E-state index in [0.29, 0.717) is 15.6 Å². The third kappa shape index (κ3) is 4.94. The monoisotopic (exact) mass is 372 g/mol. The molecule has 0 saturated heterocycles. The fraction of sp³-hybridized carbons (Fsp3) is 0.133. The average Bonchev–Trinajstić information content (AvgIpc) is 2.48. The Morgan fingerprint density at radius 3 is 2.13 bits per heavy atom. The lowest BCUT2D eigenvalue weighted by Gasteiger charge is -2.08. The summed E-state index contributed by atoms with van der Waals surface area (Å²) in [6.45, 7) is 0.256. The van der Waals surface area contributed by atoms with Crippen molar-refractivity contribution in [3.63, 3.8) is 0 Å². The van der Waals surface area contributed by atoms with Gasteiger partial charge in [0.1, 0.15) is 0 Å². The number of sulfonamides is 1. The first-order valence-corrected chi connectivity index (χ1v) is 8.89. The number of nitrogens with one attached hydrogen (secondary N) is 1. The molecule has 122 valence electrons. The predicted octanol–water partition coefficient (Wildman–Crippen LogP) is 2.50. The number of carbonyl (C=O) groups excluding carboxylic acids is 1. The van der Waals surface area contributed by atoms with Crippen LogP contribution in [0.5, 0.6) is 0 Å². The van der Waals surface area contributed by atoms with Crippen molar-refractivity contribution in [1.82, 2.24) is 5.32 Å². The molecular weight excluding hydrogens is 359 g/mol. The quantitative estimate of drug-likeness (QED) is 0.844. The SMILES string of the molecule is NS(=O)(=O)c1ccc(CNC(=O)Cc2c(Cl)cccc2Cl)cc1. The van der Waals surface area contributed by atoms with Gasteiger partial charge in [0.25, 0.3) is 0 Å². The number of rotatable bonds is 5. The van der Waals surface area contributed by atoms with Crippen LogP contribution in [0.2, 0.25) is 10.0 Å². The van der Waals surface area contributed by atoms with E-state index in [4.69, 9.17) is 28.3 Å². The van der Waals surface area contributed by atoms with Crippen LogP contribution in [-0.2, 0) is 27.8 Å². The summed E-state index contributed by atoms with van der Waals surface area (Å²) in [5.74, 6) is -0.240. The zero-order valence-corrected chi connectivity index (χ0v) is 14.3. The first kappa shape index (κ1) is 17.7. The van der Waals surface area contributed by atoms with E-state index in [2.05, 4.69) is 5.32 Å². The van der Waals surface area contributed by atoms with Crippen molar-refractivity contribution in [2.24, 2.45) is 5.14 Å². The zero-order chi connectivity index (χ0) is 17.0. The molecule has 8 heteroatoms. The molecule has 3 N–H and O–H groups in total. The molecule has 0 bridgehead atoms. The van der Waals surface area contributed by atoms with Crippen molar-refractivity contribution in [2.45, 2.75) is 17.9 Å². The Morgan fingerprint density at radius 2 is 1.61 bits per heavy atom. The van der Waals surface area contributed by atoms with E-state index in [1.807, 2.05) is 0 Å². The van der Waals surface area contributed by atoms with Gasteiger partial charge in [0.15, 0.2) is 0 Å². The van der Waals surface area contributed by atoms with Crippen molar-refractivity contribution in [1.29, 1.82) is 0 Å². The number of hydrogen-bond acceptors (Lipinski definition) is 3. The molecule has 2 aromatic rings. The molecule has 1 amide bonds. The van der Waals surface area contributed by atoms with Crippen LogP contribution in [0.15, 0.2) is 47.4 Å². The second-order valence-electron chi connectivity index (χ2n) is 4.84. The van der Waals surface area contributed by atoms with Gasteiger partial charge < -0.3 is 5.32 Å². The summed E-state index contributed by atoms with van der Waals surface area (Å²) < 4.78 is 22.3. The van der Waals surface area contributed by atoms with E-state index in [0.717, 1.165) is 5.56 Å². The van der Waals surface area contributed by atoms with Gasteiger partial charge in [-0.3, -0.25) is 4.79 Å². The summed E-state index contributed by atoms with van der Waals surface area (Å²) in [6.07, 6.45) is 0.0633. The molecule has 0 aliphatic rings. The highest BCUT2D eigenvalue weighted by atomic mass is 35.5. The Kier molecular flexibility index (Phi) is 5.64. The number of amides is 1. The van der Waals surface area contributed by atoms with Gasteiger partial charge in [-0.25, -0.2) is 13.6 Å². The fourth-order valence-corrected chi connectivity index (χ4v) is 2.97. The smallest absolute Gasteiger partial charge is 0.238 e. The van der Waals surface area contributed by atoms with Crippen molar-refractivity contribution in [3.8, 4) is 0 Å². The Bertz CT molecular complexity index is 801. The lowest BCUT2D eigenvalue weighted by atomic mass is 10.1. The second-order valence-corrected chi connectivity index (χ2v) is 7.22. The van der Waals surface area contributed by atoms with Crippen molar-refractivity contribution in [3.05, 3.63) is 63.6 Å².